The Morgan fingerprint density at radius 3 is 2.87 bits per heavy atom. The molecule has 3 saturated heterocycles. The first-order valence-corrected chi connectivity index (χ1v) is 13.3. The van der Waals surface area contributed by atoms with Crippen LogP contribution in [0.25, 0.3) is 10.9 Å². The van der Waals surface area contributed by atoms with Crippen molar-refractivity contribution in [1.29, 1.82) is 0 Å². The third kappa shape index (κ3) is 4.44. The zero-order valence-corrected chi connectivity index (χ0v) is 21.7. The lowest BCUT2D eigenvalue weighted by Gasteiger charge is -2.38. The second-order valence-electron chi connectivity index (χ2n) is 10.6. The Bertz CT molecular complexity index is 1360. The number of carbonyl (C=O) groups is 1. The lowest BCUT2D eigenvalue weighted by atomic mass is 9.97. The van der Waals surface area contributed by atoms with E-state index in [0.29, 0.717) is 43.9 Å². The van der Waals surface area contributed by atoms with E-state index in [0.717, 1.165) is 41.7 Å². The van der Waals surface area contributed by atoms with E-state index in [4.69, 9.17) is 9.72 Å². The van der Waals surface area contributed by atoms with Gasteiger partial charge in [-0.25, -0.2) is 0 Å². The Balaban J connectivity index is 1.26. The van der Waals surface area contributed by atoms with Crippen molar-refractivity contribution in [2.24, 2.45) is 0 Å². The molecule has 2 aromatic heterocycles. The van der Waals surface area contributed by atoms with Crippen LogP contribution in [0, 0.1) is 6.92 Å². The number of anilines is 2. The van der Waals surface area contributed by atoms with Crippen molar-refractivity contribution in [2.75, 3.05) is 36.5 Å². The van der Waals surface area contributed by atoms with Crippen LogP contribution in [0.5, 0.6) is 0 Å². The van der Waals surface area contributed by atoms with Crippen LogP contribution < -0.4 is 10.2 Å². The van der Waals surface area contributed by atoms with Crippen LogP contribution in [0.3, 0.4) is 0 Å². The van der Waals surface area contributed by atoms with Gasteiger partial charge in [0.15, 0.2) is 5.82 Å². The monoisotopic (exact) mass is 522 g/mol. The number of halogens is 2. The van der Waals surface area contributed by atoms with Crippen molar-refractivity contribution in [3.8, 4) is 0 Å². The van der Waals surface area contributed by atoms with Gasteiger partial charge in [0.25, 0.3) is 5.92 Å². The first-order chi connectivity index (χ1) is 18.3. The lowest BCUT2D eigenvalue weighted by Crippen LogP contribution is -2.51. The summed E-state index contributed by atoms with van der Waals surface area (Å²) in [7, 11) is 0. The molecule has 200 valence electrons. The predicted octanol–water partition coefficient (Wildman–Crippen LogP) is 4.59. The number of nitrogens with one attached hydrogen (secondary N) is 1. The number of alkyl halides is 2. The van der Waals surface area contributed by atoms with Crippen LogP contribution >= 0.6 is 0 Å². The number of benzene rings is 1. The molecule has 3 aliphatic heterocycles. The molecular weight excluding hydrogens is 490 g/mol. The second kappa shape index (κ2) is 9.72. The van der Waals surface area contributed by atoms with Crippen molar-refractivity contribution in [3.05, 3.63) is 53.3 Å². The third-order valence-electron chi connectivity index (χ3n) is 8.09. The summed E-state index contributed by atoms with van der Waals surface area (Å²) in [4.78, 5) is 21.1. The van der Waals surface area contributed by atoms with Crippen LogP contribution in [0.4, 0.5) is 20.3 Å². The Hall–Kier alpha value is -3.40. The number of aryl methyl sites for hydroxylation is 1. The molecule has 6 rings (SSSR count). The maximum absolute atomic E-state index is 15.1. The molecule has 3 fully saturated rings. The quantitative estimate of drug-likeness (QED) is 0.507. The SMILES string of the molecule is Cc1nnc(N[C@H](C)c2cccc(C(F)(F)C3CCCO3)c2)c2cc(N3CCN4C(=O)CC[C@@H]4C3)cnc12. The number of piperazine rings is 1. The zero-order valence-electron chi connectivity index (χ0n) is 21.7. The van der Waals surface area contributed by atoms with E-state index in [9.17, 15) is 4.79 Å². The van der Waals surface area contributed by atoms with Crippen molar-refractivity contribution in [3.63, 3.8) is 0 Å². The summed E-state index contributed by atoms with van der Waals surface area (Å²) in [5.74, 6) is -2.25. The molecule has 1 aromatic carbocycles. The standard InChI is InChI=1S/C28H32F2N6O2/c1-17(19-5-3-6-20(13-19)28(29,30)24-7-4-12-38-24)32-27-23-14-22(15-31-26(23)18(2)33-34-27)35-10-11-36-21(16-35)8-9-25(36)37/h3,5-6,13-15,17,21,24H,4,7-12,16H2,1-2H3,(H,32,34)/t17-,21-,24?/m1/s1. The minimum atomic E-state index is -3.05. The molecule has 5 heterocycles. The zero-order chi connectivity index (χ0) is 26.4. The van der Waals surface area contributed by atoms with Gasteiger partial charge in [0, 0.05) is 49.7 Å². The molecule has 3 aromatic rings. The van der Waals surface area contributed by atoms with E-state index < -0.39 is 12.0 Å². The Kier molecular flexibility index (Phi) is 6.37. The summed E-state index contributed by atoms with van der Waals surface area (Å²) >= 11 is 0. The van der Waals surface area contributed by atoms with Crippen molar-refractivity contribution < 1.29 is 18.3 Å². The van der Waals surface area contributed by atoms with Gasteiger partial charge in [-0.1, -0.05) is 18.2 Å². The molecule has 1 amide bonds. The fourth-order valence-corrected chi connectivity index (χ4v) is 5.88. The van der Waals surface area contributed by atoms with E-state index in [1.54, 1.807) is 12.1 Å². The molecule has 10 heteroatoms. The highest BCUT2D eigenvalue weighted by molar-refractivity contribution is 5.92. The first kappa shape index (κ1) is 24.9. The highest BCUT2D eigenvalue weighted by atomic mass is 19.3. The van der Waals surface area contributed by atoms with Gasteiger partial charge in [0.2, 0.25) is 5.91 Å². The smallest absolute Gasteiger partial charge is 0.298 e. The largest absolute Gasteiger partial charge is 0.372 e. The molecule has 3 atom stereocenters. The van der Waals surface area contributed by atoms with Crippen LogP contribution in [0.1, 0.15) is 55.5 Å². The van der Waals surface area contributed by atoms with E-state index in [-0.39, 0.29) is 23.6 Å². The number of ether oxygens (including phenoxy) is 1. The first-order valence-electron chi connectivity index (χ1n) is 13.3. The molecule has 1 unspecified atom stereocenters. The van der Waals surface area contributed by atoms with Crippen molar-refractivity contribution in [2.45, 2.75) is 63.6 Å². The van der Waals surface area contributed by atoms with Crippen LogP contribution in [-0.2, 0) is 15.5 Å². The fraction of sp³-hybridized carbons (Fsp3) is 0.500. The Labute approximate surface area is 220 Å². The molecule has 0 aliphatic carbocycles. The van der Waals surface area contributed by atoms with Gasteiger partial charge in [0.1, 0.15) is 6.10 Å². The molecule has 0 spiro atoms. The Morgan fingerprint density at radius 2 is 2.05 bits per heavy atom. The molecule has 3 aliphatic rings. The van der Waals surface area contributed by atoms with Crippen LogP contribution in [-0.4, -0.2) is 64.4 Å². The average Bonchev–Trinajstić information content (AvgIpc) is 3.61. The summed E-state index contributed by atoms with van der Waals surface area (Å²) in [6, 6.07) is 8.52. The minimum absolute atomic E-state index is 0.0381. The number of rotatable bonds is 6. The topological polar surface area (TPSA) is 83.5 Å². The van der Waals surface area contributed by atoms with E-state index >= 15 is 8.78 Å². The predicted molar refractivity (Wildman–Crippen MR) is 140 cm³/mol. The summed E-state index contributed by atoms with van der Waals surface area (Å²) in [5, 5.41) is 12.9. The summed E-state index contributed by atoms with van der Waals surface area (Å²) in [5.41, 5.74) is 3.12. The number of hydrogen-bond acceptors (Lipinski definition) is 7. The maximum atomic E-state index is 15.1. The molecular formula is C28H32F2N6O2. The van der Waals surface area contributed by atoms with Gasteiger partial charge in [0.05, 0.1) is 29.1 Å². The fourth-order valence-electron chi connectivity index (χ4n) is 5.88. The van der Waals surface area contributed by atoms with E-state index in [2.05, 4.69) is 26.5 Å². The number of amides is 1. The van der Waals surface area contributed by atoms with E-state index in [1.807, 2.05) is 31.0 Å². The number of hydrogen-bond donors (Lipinski definition) is 1. The number of carbonyl (C=O) groups excluding carboxylic acids is 1. The van der Waals surface area contributed by atoms with Gasteiger partial charge in [-0.15, -0.1) is 5.10 Å². The second-order valence-corrected chi connectivity index (χ2v) is 10.6. The normalized spacial score (nSPS) is 22.7. The number of pyridine rings is 1. The summed E-state index contributed by atoms with van der Waals surface area (Å²) in [6.07, 6.45) is 3.29. The van der Waals surface area contributed by atoms with Crippen molar-refractivity contribution in [1.82, 2.24) is 20.1 Å². The molecule has 0 radical (unpaired) electrons. The molecule has 8 nitrogen and oxygen atoms in total. The highest BCUT2D eigenvalue weighted by Gasteiger charge is 2.44. The summed E-state index contributed by atoms with van der Waals surface area (Å²) < 4.78 is 35.5. The minimum Gasteiger partial charge on any atom is -0.372 e. The number of nitrogens with zero attached hydrogens (tertiary/aromatic N) is 5. The van der Waals surface area contributed by atoms with Gasteiger partial charge in [-0.3, -0.25) is 9.78 Å². The molecule has 0 bridgehead atoms. The van der Waals surface area contributed by atoms with Gasteiger partial charge in [-0.05, 0) is 50.8 Å². The average molecular weight is 523 g/mol. The van der Waals surface area contributed by atoms with Gasteiger partial charge in [-0.2, -0.15) is 13.9 Å². The Morgan fingerprint density at radius 1 is 1.18 bits per heavy atom. The van der Waals surface area contributed by atoms with Gasteiger partial charge >= 0.3 is 0 Å². The summed E-state index contributed by atoms with van der Waals surface area (Å²) in [6.45, 7) is 6.41. The van der Waals surface area contributed by atoms with Crippen LogP contribution in [0.2, 0.25) is 0 Å². The highest BCUT2D eigenvalue weighted by Crippen LogP contribution is 2.39. The third-order valence-corrected chi connectivity index (χ3v) is 8.09. The molecule has 1 N–H and O–H groups in total. The number of aromatic nitrogens is 3. The van der Waals surface area contributed by atoms with E-state index in [1.165, 1.54) is 6.07 Å². The van der Waals surface area contributed by atoms with Gasteiger partial charge < -0.3 is 19.9 Å². The maximum Gasteiger partial charge on any atom is 0.298 e. The molecule has 38 heavy (non-hydrogen) atoms. The van der Waals surface area contributed by atoms with Crippen LogP contribution in [0.15, 0.2) is 36.5 Å². The molecule has 0 saturated carbocycles. The number of fused-ring (bicyclic) bond motifs is 2. The van der Waals surface area contributed by atoms with Crippen molar-refractivity contribution >= 4 is 28.3 Å². The lowest BCUT2D eigenvalue weighted by molar-refractivity contribution is -0.129.